The molecule has 140 valence electrons. The summed E-state index contributed by atoms with van der Waals surface area (Å²) >= 11 is 0. The molecule has 0 aromatic heterocycles. The average molecular weight is 367 g/mol. The number of aliphatic hydroxyl groups is 1. The van der Waals surface area contributed by atoms with Crippen molar-refractivity contribution in [3.8, 4) is 5.75 Å². The zero-order chi connectivity index (χ0) is 19.5. The number of ether oxygens (including phenoxy) is 1. The van der Waals surface area contributed by atoms with Crippen LogP contribution in [-0.2, 0) is 4.79 Å². The third-order valence-corrected chi connectivity index (χ3v) is 3.42. The Morgan fingerprint density at radius 1 is 1.15 bits per heavy atom. The van der Waals surface area contributed by atoms with E-state index in [0.29, 0.717) is 11.3 Å². The summed E-state index contributed by atoms with van der Waals surface area (Å²) in [7, 11) is 1.54. The standard InChI is InChI=1S/C20H21N3O4/c1-21-19(25)9-8-15-4-2-6-17(12-15)20(26)23-22-14-16-5-3-7-18(13-16)27-11-10-24/h2-9,12-14,24H,10-11H2,1H3,(H,21,25)(H,23,26)/b9-8+,22-14+. The van der Waals surface area contributed by atoms with E-state index in [1.54, 1.807) is 55.6 Å². The third kappa shape index (κ3) is 6.75. The first-order chi connectivity index (χ1) is 13.1. The monoisotopic (exact) mass is 367 g/mol. The minimum Gasteiger partial charge on any atom is -0.491 e. The van der Waals surface area contributed by atoms with Crippen molar-refractivity contribution >= 4 is 24.1 Å². The molecule has 0 unspecified atom stereocenters. The Labute approximate surface area is 157 Å². The molecule has 7 heteroatoms. The van der Waals surface area contributed by atoms with Crippen LogP contribution < -0.4 is 15.5 Å². The van der Waals surface area contributed by atoms with Gasteiger partial charge in [0.1, 0.15) is 12.4 Å². The third-order valence-electron chi connectivity index (χ3n) is 3.42. The van der Waals surface area contributed by atoms with Crippen molar-refractivity contribution in [3.63, 3.8) is 0 Å². The van der Waals surface area contributed by atoms with Crippen molar-refractivity contribution in [1.82, 2.24) is 10.7 Å². The fourth-order valence-corrected chi connectivity index (χ4v) is 2.12. The summed E-state index contributed by atoms with van der Waals surface area (Å²) < 4.78 is 5.32. The van der Waals surface area contributed by atoms with Crippen molar-refractivity contribution in [2.24, 2.45) is 5.10 Å². The number of amides is 2. The number of hydrazone groups is 1. The highest BCUT2D eigenvalue weighted by atomic mass is 16.5. The Bertz CT molecular complexity index is 847. The Balaban J connectivity index is 1.98. The quantitative estimate of drug-likeness (QED) is 0.375. The largest absolute Gasteiger partial charge is 0.491 e. The fraction of sp³-hybridized carbons (Fsp3) is 0.150. The van der Waals surface area contributed by atoms with Crippen molar-refractivity contribution in [2.45, 2.75) is 0 Å². The van der Waals surface area contributed by atoms with Gasteiger partial charge in [-0.25, -0.2) is 5.43 Å². The van der Waals surface area contributed by atoms with Crippen LogP contribution in [0.4, 0.5) is 0 Å². The van der Waals surface area contributed by atoms with Crippen molar-refractivity contribution in [3.05, 3.63) is 71.3 Å². The van der Waals surface area contributed by atoms with E-state index in [9.17, 15) is 9.59 Å². The van der Waals surface area contributed by atoms with Gasteiger partial charge in [0, 0.05) is 18.7 Å². The van der Waals surface area contributed by atoms with Gasteiger partial charge in [-0.15, -0.1) is 0 Å². The van der Waals surface area contributed by atoms with Gasteiger partial charge >= 0.3 is 0 Å². The van der Waals surface area contributed by atoms with Gasteiger partial charge in [0.05, 0.1) is 12.8 Å². The molecule has 0 heterocycles. The number of hydrogen-bond donors (Lipinski definition) is 3. The molecule has 0 bridgehead atoms. The number of hydrogen-bond acceptors (Lipinski definition) is 5. The van der Waals surface area contributed by atoms with Crippen LogP contribution in [0.3, 0.4) is 0 Å². The minimum atomic E-state index is -0.367. The average Bonchev–Trinajstić information content (AvgIpc) is 2.71. The smallest absolute Gasteiger partial charge is 0.271 e. The van der Waals surface area contributed by atoms with Gasteiger partial charge in [0.15, 0.2) is 0 Å². The number of carbonyl (C=O) groups excluding carboxylic acids is 2. The molecule has 0 aliphatic rings. The molecule has 0 atom stereocenters. The number of benzene rings is 2. The first kappa shape index (κ1) is 19.9. The first-order valence-corrected chi connectivity index (χ1v) is 8.29. The second kappa shape index (κ2) is 10.5. The van der Waals surface area contributed by atoms with Crippen molar-refractivity contribution < 1.29 is 19.4 Å². The Morgan fingerprint density at radius 2 is 1.93 bits per heavy atom. The molecule has 27 heavy (non-hydrogen) atoms. The first-order valence-electron chi connectivity index (χ1n) is 8.29. The van der Waals surface area contributed by atoms with Crippen LogP contribution in [0.15, 0.2) is 59.7 Å². The van der Waals surface area contributed by atoms with Crippen LogP contribution in [0.1, 0.15) is 21.5 Å². The van der Waals surface area contributed by atoms with E-state index in [4.69, 9.17) is 9.84 Å². The van der Waals surface area contributed by atoms with Crippen LogP contribution in [0.2, 0.25) is 0 Å². The number of rotatable bonds is 8. The van der Waals surface area contributed by atoms with E-state index >= 15 is 0 Å². The molecule has 0 saturated heterocycles. The molecule has 0 saturated carbocycles. The molecule has 0 aliphatic carbocycles. The lowest BCUT2D eigenvalue weighted by atomic mass is 10.1. The lowest BCUT2D eigenvalue weighted by Crippen LogP contribution is -2.17. The molecule has 0 radical (unpaired) electrons. The van der Waals surface area contributed by atoms with E-state index in [1.807, 2.05) is 6.07 Å². The lowest BCUT2D eigenvalue weighted by Gasteiger charge is -2.04. The predicted molar refractivity (Wildman–Crippen MR) is 104 cm³/mol. The zero-order valence-electron chi connectivity index (χ0n) is 14.9. The molecule has 0 aliphatic heterocycles. The molecule has 2 amide bonds. The normalized spacial score (nSPS) is 10.9. The summed E-state index contributed by atoms with van der Waals surface area (Å²) in [6, 6.07) is 13.9. The SMILES string of the molecule is CNC(=O)/C=C/c1cccc(C(=O)N/N=C/c2cccc(OCCO)c2)c1. The van der Waals surface area contributed by atoms with Gasteiger partial charge in [-0.1, -0.05) is 24.3 Å². The van der Waals surface area contributed by atoms with Crippen LogP contribution in [0, 0.1) is 0 Å². The fourth-order valence-electron chi connectivity index (χ4n) is 2.12. The molecular formula is C20H21N3O4. The number of aliphatic hydroxyl groups excluding tert-OH is 1. The Kier molecular flexibility index (Phi) is 7.74. The van der Waals surface area contributed by atoms with Gasteiger partial charge in [-0.05, 0) is 41.5 Å². The van der Waals surface area contributed by atoms with Crippen LogP contribution in [0.5, 0.6) is 5.75 Å². The number of likely N-dealkylation sites (N-methyl/N-ethyl adjacent to an activating group) is 1. The summed E-state index contributed by atoms with van der Waals surface area (Å²) in [4.78, 5) is 23.5. The summed E-state index contributed by atoms with van der Waals surface area (Å²) in [5, 5.41) is 15.2. The van der Waals surface area contributed by atoms with E-state index in [1.165, 1.54) is 12.3 Å². The maximum Gasteiger partial charge on any atom is 0.271 e. The number of carbonyl (C=O) groups is 2. The summed E-state index contributed by atoms with van der Waals surface area (Å²) in [5.41, 5.74) is 4.35. The highest BCUT2D eigenvalue weighted by Crippen LogP contribution is 2.12. The van der Waals surface area contributed by atoms with Gasteiger partial charge in [-0.3, -0.25) is 9.59 Å². The molecule has 3 N–H and O–H groups in total. The summed E-state index contributed by atoms with van der Waals surface area (Å²) in [5.74, 6) is 0.0173. The second-order valence-corrected chi connectivity index (χ2v) is 5.42. The number of nitrogens with one attached hydrogen (secondary N) is 2. The van der Waals surface area contributed by atoms with Crippen LogP contribution in [-0.4, -0.2) is 43.4 Å². The molecule has 2 aromatic carbocycles. The highest BCUT2D eigenvalue weighted by Gasteiger charge is 2.04. The summed E-state index contributed by atoms with van der Waals surface area (Å²) in [6.45, 7) is 0.147. The zero-order valence-corrected chi connectivity index (χ0v) is 14.9. The van der Waals surface area contributed by atoms with E-state index in [0.717, 1.165) is 11.1 Å². The maximum atomic E-state index is 12.2. The molecular weight excluding hydrogens is 346 g/mol. The highest BCUT2D eigenvalue weighted by molar-refractivity contribution is 5.96. The topological polar surface area (TPSA) is 100 Å². The molecule has 2 rings (SSSR count). The molecule has 7 nitrogen and oxygen atoms in total. The predicted octanol–water partition coefficient (Wildman–Crippen LogP) is 1.58. The van der Waals surface area contributed by atoms with E-state index < -0.39 is 0 Å². The summed E-state index contributed by atoms with van der Waals surface area (Å²) in [6.07, 6.45) is 4.51. The number of nitrogens with zero attached hydrogens (tertiary/aromatic N) is 1. The second-order valence-electron chi connectivity index (χ2n) is 5.42. The molecule has 0 spiro atoms. The molecule has 0 fully saturated rings. The van der Waals surface area contributed by atoms with Gasteiger partial charge in [0.2, 0.25) is 5.91 Å². The van der Waals surface area contributed by atoms with Crippen molar-refractivity contribution in [2.75, 3.05) is 20.3 Å². The van der Waals surface area contributed by atoms with Gasteiger partial charge in [0.25, 0.3) is 5.91 Å². The Morgan fingerprint density at radius 3 is 2.70 bits per heavy atom. The van der Waals surface area contributed by atoms with Crippen LogP contribution in [0.25, 0.3) is 6.08 Å². The van der Waals surface area contributed by atoms with Crippen LogP contribution >= 0.6 is 0 Å². The molecule has 2 aromatic rings. The Hall–Kier alpha value is -3.45. The van der Waals surface area contributed by atoms with Crippen molar-refractivity contribution in [1.29, 1.82) is 0 Å². The minimum absolute atomic E-state index is 0.0637. The van der Waals surface area contributed by atoms with Gasteiger partial charge < -0.3 is 15.2 Å². The van der Waals surface area contributed by atoms with E-state index in [2.05, 4.69) is 15.8 Å². The maximum absolute atomic E-state index is 12.2. The lowest BCUT2D eigenvalue weighted by molar-refractivity contribution is -0.115. The van der Waals surface area contributed by atoms with E-state index in [-0.39, 0.29) is 25.0 Å². The van der Waals surface area contributed by atoms with Gasteiger partial charge in [-0.2, -0.15) is 5.10 Å².